The Bertz CT molecular complexity index is 911. The Balaban J connectivity index is 2.25. The molecule has 2 aromatic rings. The lowest BCUT2D eigenvalue weighted by Gasteiger charge is -2.09. The minimum Gasteiger partial charge on any atom is -0.497 e. The molecular weight excluding hydrogens is 348 g/mol. The van der Waals surface area contributed by atoms with Crippen LogP contribution in [0.1, 0.15) is 15.9 Å². The molecule has 0 unspecified atom stereocenters. The summed E-state index contributed by atoms with van der Waals surface area (Å²) >= 11 is 0. The summed E-state index contributed by atoms with van der Waals surface area (Å²) in [7, 11) is 4.30. The maximum absolute atomic E-state index is 12.4. The van der Waals surface area contributed by atoms with E-state index >= 15 is 0 Å². The number of amides is 1. The molecule has 0 aromatic heterocycles. The third-order valence-electron chi connectivity index (χ3n) is 3.67. The maximum atomic E-state index is 12.4. The lowest BCUT2D eigenvalue weighted by molar-refractivity contribution is -0.112. The summed E-state index contributed by atoms with van der Waals surface area (Å²) < 4.78 is 15.0. The summed E-state index contributed by atoms with van der Waals surface area (Å²) in [5.74, 6) is 0.000671. The molecule has 0 saturated heterocycles. The van der Waals surface area contributed by atoms with Gasteiger partial charge in [0.2, 0.25) is 0 Å². The average molecular weight is 366 g/mol. The van der Waals surface area contributed by atoms with Crippen LogP contribution in [0.25, 0.3) is 6.08 Å². The lowest BCUT2D eigenvalue weighted by atomic mass is 10.1. The monoisotopic (exact) mass is 366 g/mol. The van der Waals surface area contributed by atoms with Crippen LogP contribution in [0.5, 0.6) is 11.5 Å². The van der Waals surface area contributed by atoms with Crippen molar-refractivity contribution in [1.29, 1.82) is 5.26 Å². The van der Waals surface area contributed by atoms with E-state index in [0.29, 0.717) is 28.3 Å². The maximum Gasteiger partial charge on any atom is 0.337 e. The van der Waals surface area contributed by atoms with E-state index in [9.17, 15) is 14.9 Å². The molecule has 0 heterocycles. The van der Waals surface area contributed by atoms with E-state index in [4.69, 9.17) is 9.47 Å². The molecule has 0 spiro atoms. The third-order valence-corrected chi connectivity index (χ3v) is 3.67. The Morgan fingerprint density at radius 3 is 2.30 bits per heavy atom. The molecule has 0 radical (unpaired) electrons. The smallest absolute Gasteiger partial charge is 0.337 e. The van der Waals surface area contributed by atoms with Gasteiger partial charge in [-0.3, -0.25) is 4.79 Å². The number of nitriles is 1. The lowest BCUT2D eigenvalue weighted by Crippen LogP contribution is -2.13. The molecular formula is C20H18N2O5. The number of nitrogens with zero attached hydrogens (tertiary/aromatic N) is 1. The highest BCUT2D eigenvalue weighted by Gasteiger charge is 2.13. The summed E-state index contributed by atoms with van der Waals surface area (Å²) in [4.78, 5) is 23.8. The fraction of sp³-hybridized carbons (Fsp3) is 0.150. The number of ether oxygens (including phenoxy) is 3. The number of carbonyl (C=O) groups is 2. The van der Waals surface area contributed by atoms with Crippen molar-refractivity contribution in [2.45, 2.75) is 0 Å². The Morgan fingerprint density at radius 2 is 1.74 bits per heavy atom. The number of benzene rings is 2. The molecule has 2 rings (SSSR count). The van der Waals surface area contributed by atoms with E-state index in [-0.39, 0.29) is 5.57 Å². The Labute approximate surface area is 156 Å². The van der Waals surface area contributed by atoms with Crippen molar-refractivity contribution in [2.24, 2.45) is 0 Å². The predicted molar refractivity (Wildman–Crippen MR) is 99.5 cm³/mol. The van der Waals surface area contributed by atoms with Crippen LogP contribution in [-0.2, 0) is 9.53 Å². The van der Waals surface area contributed by atoms with Gasteiger partial charge in [-0.15, -0.1) is 0 Å². The van der Waals surface area contributed by atoms with Crippen molar-refractivity contribution < 1.29 is 23.8 Å². The number of nitrogens with one attached hydrogen (secondary N) is 1. The number of carbonyl (C=O) groups excluding carboxylic acids is 2. The van der Waals surface area contributed by atoms with Crippen LogP contribution in [0.4, 0.5) is 5.69 Å². The minimum atomic E-state index is -0.590. The van der Waals surface area contributed by atoms with E-state index in [2.05, 4.69) is 10.1 Å². The van der Waals surface area contributed by atoms with Gasteiger partial charge in [0.05, 0.1) is 26.9 Å². The summed E-state index contributed by atoms with van der Waals surface area (Å²) in [6.07, 6.45) is 1.42. The van der Waals surface area contributed by atoms with E-state index < -0.39 is 11.9 Å². The van der Waals surface area contributed by atoms with Gasteiger partial charge in [-0.1, -0.05) is 0 Å². The van der Waals surface area contributed by atoms with Crippen LogP contribution in [0.3, 0.4) is 0 Å². The molecule has 0 aliphatic carbocycles. The number of anilines is 1. The van der Waals surface area contributed by atoms with Crippen molar-refractivity contribution in [3.8, 4) is 17.6 Å². The van der Waals surface area contributed by atoms with Crippen molar-refractivity contribution in [3.05, 3.63) is 59.2 Å². The Morgan fingerprint density at radius 1 is 1.04 bits per heavy atom. The molecule has 0 aliphatic heterocycles. The van der Waals surface area contributed by atoms with Crippen LogP contribution in [0.15, 0.2) is 48.0 Å². The number of hydrogen-bond donors (Lipinski definition) is 1. The minimum absolute atomic E-state index is 0.112. The van der Waals surface area contributed by atoms with Gasteiger partial charge in [0.1, 0.15) is 23.1 Å². The second-order valence-electron chi connectivity index (χ2n) is 5.30. The predicted octanol–water partition coefficient (Wildman–Crippen LogP) is 3.04. The van der Waals surface area contributed by atoms with Crippen molar-refractivity contribution in [2.75, 3.05) is 26.6 Å². The summed E-state index contributed by atoms with van der Waals surface area (Å²) in [6.45, 7) is 0. The SMILES string of the molecule is COC(=O)c1ccc(NC(=O)/C(C#N)=C\c2cc(OC)ccc2OC)cc1. The Kier molecular flexibility index (Phi) is 6.55. The van der Waals surface area contributed by atoms with Crippen molar-refractivity contribution in [3.63, 3.8) is 0 Å². The van der Waals surface area contributed by atoms with Crippen LogP contribution >= 0.6 is 0 Å². The second kappa shape index (κ2) is 9.06. The number of hydrogen-bond acceptors (Lipinski definition) is 6. The second-order valence-corrected chi connectivity index (χ2v) is 5.30. The first-order chi connectivity index (χ1) is 13.0. The third kappa shape index (κ3) is 4.86. The van der Waals surface area contributed by atoms with E-state index in [0.717, 1.165) is 0 Å². The first-order valence-corrected chi connectivity index (χ1v) is 7.86. The molecule has 27 heavy (non-hydrogen) atoms. The molecule has 138 valence electrons. The van der Waals surface area contributed by atoms with Crippen LogP contribution in [0.2, 0.25) is 0 Å². The molecule has 0 saturated carbocycles. The van der Waals surface area contributed by atoms with Gasteiger partial charge in [-0.05, 0) is 48.5 Å². The van der Waals surface area contributed by atoms with Gasteiger partial charge in [0, 0.05) is 11.3 Å². The number of rotatable bonds is 6. The fourth-order valence-electron chi connectivity index (χ4n) is 2.26. The van der Waals surface area contributed by atoms with Gasteiger partial charge in [0.15, 0.2) is 0 Å². The number of esters is 1. The zero-order valence-electron chi connectivity index (χ0n) is 15.1. The first kappa shape index (κ1) is 19.5. The normalized spacial score (nSPS) is 10.5. The Hall–Kier alpha value is -3.79. The fourth-order valence-corrected chi connectivity index (χ4v) is 2.26. The van der Waals surface area contributed by atoms with Crippen molar-refractivity contribution in [1.82, 2.24) is 0 Å². The molecule has 1 amide bonds. The molecule has 1 N–H and O–H groups in total. The van der Waals surface area contributed by atoms with Gasteiger partial charge in [-0.25, -0.2) is 4.79 Å². The highest BCUT2D eigenvalue weighted by molar-refractivity contribution is 6.10. The topological polar surface area (TPSA) is 97.7 Å². The highest BCUT2D eigenvalue weighted by Crippen LogP contribution is 2.26. The van der Waals surface area contributed by atoms with Gasteiger partial charge in [-0.2, -0.15) is 5.26 Å². The molecule has 0 aliphatic rings. The van der Waals surface area contributed by atoms with Crippen LogP contribution < -0.4 is 14.8 Å². The van der Waals surface area contributed by atoms with Gasteiger partial charge < -0.3 is 19.5 Å². The van der Waals surface area contributed by atoms with Gasteiger partial charge in [0.25, 0.3) is 5.91 Å². The zero-order chi connectivity index (χ0) is 19.8. The first-order valence-electron chi connectivity index (χ1n) is 7.86. The molecule has 2 aromatic carbocycles. The molecule has 7 heteroatoms. The van der Waals surface area contributed by atoms with Crippen LogP contribution in [-0.4, -0.2) is 33.2 Å². The quantitative estimate of drug-likeness (QED) is 0.479. The highest BCUT2D eigenvalue weighted by atomic mass is 16.5. The van der Waals surface area contributed by atoms with E-state index in [1.54, 1.807) is 30.3 Å². The standard InChI is InChI=1S/C20H18N2O5/c1-25-17-8-9-18(26-2)14(11-17)10-15(12-21)19(23)22-16-6-4-13(5-7-16)20(24)27-3/h4-11H,1-3H3,(H,22,23)/b15-10-. The van der Waals surface area contributed by atoms with Crippen molar-refractivity contribution >= 4 is 23.6 Å². The van der Waals surface area contributed by atoms with Gasteiger partial charge >= 0.3 is 5.97 Å². The molecule has 0 bridgehead atoms. The average Bonchev–Trinajstić information content (AvgIpc) is 2.71. The summed E-state index contributed by atoms with van der Waals surface area (Å²) in [5, 5.41) is 12.0. The summed E-state index contributed by atoms with van der Waals surface area (Å²) in [6, 6.07) is 13.1. The molecule has 0 atom stereocenters. The van der Waals surface area contributed by atoms with E-state index in [1.165, 1.54) is 39.5 Å². The molecule has 0 fully saturated rings. The summed E-state index contributed by atoms with van der Waals surface area (Å²) in [5.41, 5.74) is 1.21. The number of methoxy groups -OCH3 is 3. The largest absolute Gasteiger partial charge is 0.497 e. The van der Waals surface area contributed by atoms with Crippen LogP contribution in [0, 0.1) is 11.3 Å². The zero-order valence-corrected chi connectivity index (χ0v) is 15.1. The van der Waals surface area contributed by atoms with E-state index in [1.807, 2.05) is 6.07 Å². The molecule has 7 nitrogen and oxygen atoms in total.